The molecule has 17 heavy (non-hydrogen) atoms. The van der Waals surface area contributed by atoms with E-state index in [1.54, 1.807) is 0 Å². The van der Waals surface area contributed by atoms with E-state index in [0.29, 0.717) is 6.61 Å². The highest BCUT2D eigenvalue weighted by Gasteiger charge is 2.11. The summed E-state index contributed by atoms with van der Waals surface area (Å²) in [5.74, 6) is 0. The van der Waals surface area contributed by atoms with Crippen LogP contribution in [0.2, 0.25) is 0 Å². The minimum Gasteiger partial charge on any atom is -0.377 e. The van der Waals surface area contributed by atoms with Crippen LogP contribution < -0.4 is 5.32 Å². The SMILES string of the molecule is c1cc(COCCCC2CCCCN2)ccn1. The number of hydrogen-bond donors (Lipinski definition) is 1. The van der Waals surface area contributed by atoms with Crippen LogP contribution in [0.1, 0.15) is 37.7 Å². The molecule has 2 heterocycles. The largest absolute Gasteiger partial charge is 0.377 e. The molecule has 3 nitrogen and oxygen atoms in total. The summed E-state index contributed by atoms with van der Waals surface area (Å²) in [6.45, 7) is 2.77. The van der Waals surface area contributed by atoms with E-state index in [-0.39, 0.29) is 0 Å². The molecular weight excluding hydrogens is 212 g/mol. The first-order valence-electron chi connectivity index (χ1n) is 6.65. The van der Waals surface area contributed by atoms with E-state index in [1.165, 1.54) is 37.8 Å². The Bertz CT molecular complexity index is 296. The summed E-state index contributed by atoms with van der Waals surface area (Å²) >= 11 is 0. The first-order chi connectivity index (χ1) is 8.45. The highest BCUT2D eigenvalue weighted by atomic mass is 16.5. The summed E-state index contributed by atoms with van der Waals surface area (Å²) in [4.78, 5) is 3.99. The van der Waals surface area contributed by atoms with Crippen molar-refractivity contribution < 1.29 is 4.74 Å². The summed E-state index contributed by atoms with van der Waals surface area (Å²) in [5, 5.41) is 3.56. The van der Waals surface area contributed by atoms with Gasteiger partial charge in [0, 0.05) is 25.0 Å². The third-order valence-corrected chi connectivity index (χ3v) is 3.27. The highest BCUT2D eigenvalue weighted by Crippen LogP contribution is 2.11. The van der Waals surface area contributed by atoms with Crippen molar-refractivity contribution in [2.45, 2.75) is 44.8 Å². The number of rotatable bonds is 6. The van der Waals surface area contributed by atoms with E-state index >= 15 is 0 Å². The zero-order valence-corrected chi connectivity index (χ0v) is 10.4. The summed E-state index contributed by atoms with van der Waals surface area (Å²) in [6.07, 6.45) is 10.1. The highest BCUT2D eigenvalue weighted by molar-refractivity contribution is 5.07. The molecule has 0 amide bonds. The average molecular weight is 234 g/mol. The Morgan fingerprint density at radius 2 is 2.18 bits per heavy atom. The van der Waals surface area contributed by atoms with E-state index in [1.807, 2.05) is 24.5 Å². The standard InChI is InChI=1S/C14H22N2O/c1-2-8-16-14(4-1)5-3-11-17-12-13-6-9-15-10-7-13/h6-7,9-10,14,16H,1-5,8,11-12H2. The fourth-order valence-electron chi connectivity index (χ4n) is 2.27. The summed E-state index contributed by atoms with van der Waals surface area (Å²) in [7, 11) is 0. The molecule has 1 saturated heterocycles. The van der Waals surface area contributed by atoms with Gasteiger partial charge in [-0.05, 0) is 49.9 Å². The van der Waals surface area contributed by atoms with Crippen LogP contribution in [0.3, 0.4) is 0 Å². The lowest BCUT2D eigenvalue weighted by Gasteiger charge is -2.23. The summed E-state index contributed by atoms with van der Waals surface area (Å²) in [6, 6.07) is 4.74. The van der Waals surface area contributed by atoms with Crippen LogP contribution in [0, 0.1) is 0 Å². The molecule has 1 aliphatic rings. The van der Waals surface area contributed by atoms with Gasteiger partial charge in [0.25, 0.3) is 0 Å². The molecule has 3 heteroatoms. The van der Waals surface area contributed by atoms with Crippen LogP contribution in [-0.2, 0) is 11.3 Å². The molecule has 1 N–H and O–H groups in total. The molecule has 0 aliphatic carbocycles. The van der Waals surface area contributed by atoms with Crippen LogP contribution in [0.15, 0.2) is 24.5 Å². The Kier molecular flexibility index (Phi) is 5.46. The van der Waals surface area contributed by atoms with Gasteiger partial charge in [-0.15, -0.1) is 0 Å². The lowest BCUT2D eigenvalue weighted by atomic mass is 10.0. The minimum absolute atomic E-state index is 0.709. The van der Waals surface area contributed by atoms with Crippen molar-refractivity contribution in [2.24, 2.45) is 0 Å². The third kappa shape index (κ3) is 4.84. The fraction of sp³-hybridized carbons (Fsp3) is 0.643. The molecule has 1 atom stereocenters. The predicted octanol–water partition coefficient (Wildman–Crippen LogP) is 2.52. The molecule has 1 unspecified atom stereocenters. The van der Waals surface area contributed by atoms with E-state index in [2.05, 4.69) is 10.3 Å². The Morgan fingerprint density at radius 3 is 2.94 bits per heavy atom. The van der Waals surface area contributed by atoms with Gasteiger partial charge in [0.2, 0.25) is 0 Å². The predicted molar refractivity (Wildman–Crippen MR) is 68.8 cm³/mol. The number of hydrogen-bond acceptors (Lipinski definition) is 3. The maximum atomic E-state index is 5.66. The van der Waals surface area contributed by atoms with Crippen molar-refractivity contribution in [3.8, 4) is 0 Å². The van der Waals surface area contributed by atoms with Crippen molar-refractivity contribution in [3.63, 3.8) is 0 Å². The first-order valence-corrected chi connectivity index (χ1v) is 6.65. The molecule has 1 aromatic heterocycles. The van der Waals surface area contributed by atoms with Gasteiger partial charge in [0.1, 0.15) is 0 Å². The molecule has 1 aromatic rings. The monoisotopic (exact) mass is 234 g/mol. The van der Waals surface area contributed by atoms with Crippen molar-refractivity contribution >= 4 is 0 Å². The topological polar surface area (TPSA) is 34.1 Å². The third-order valence-electron chi connectivity index (χ3n) is 3.27. The van der Waals surface area contributed by atoms with Gasteiger partial charge in [-0.25, -0.2) is 0 Å². The number of piperidine rings is 1. The van der Waals surface area contributed by atoms with Gasteiger partial charge >= 0.3 is 0 Å². The Balaban J connectivity index is 1.51. The second-order valence-corrected chi connectivity index (χ2v) is 4.70. The summed E-state index contributed by atoms with van der Waals surface area (Å²) < 4.78 is 5.66. The lowest BCUT2D eigenvalue weighted by Crippen LogP contribution is -2.33. The van der Waals surface area contributed by atoms with Crippen LogP contribution in [0.5, 0.6) is 0 Å². The van der Waals surface area contributed by atoms with E-state index in [0.717, 1.165) is 19.1 Å². The van der Waals surface area contributed by atoms with E-state index in [9.17, 15) is 0 Å². The average Bonchev–Trinajstić information content (AvgIpc) is 2.41. The number of nitrogens with zero attached hydrogens (tertiary/aromatic N) is 1. The van der Waals surface area contributed by atoms with Crippen LogP contribution >= 0.6 is 0 Å². The van der Waals surface area contributed by atoms with Gasteiger partial charge in [0.15, 0.2) is 0 Å². The normalized spacial score (nSPS) is 20.4. The van der Waals surface area contributed by atoms with Crippen molar-refractivity contribution in [3.05, 3.63) is 30.1 Å². The fourth-order valence-corrected chi connectivity index (χ4v) is 2.27. The molecule has 0 bridgehead atoms. The van der Waals surface area contributed by atoms with E-state index < -0.39 is 0 Å². The van der Waals surface area contributed by atoms with Crippen molar-refractivity contribution in [2.75, 3.05) is 13.2 Å². The Hall–Kier alpha value is -0.930. The second kappa shape index (κ2) is 7.41. The zero-order valence-electron chi connectivity index (χ0n) is 10.4. The van der Waals surface area contributed by atoms with Gasteiger partial charge in [0.05, 0.1) is 6.61 Å². The molecule has 94 valence electrons. The molecule has 1 fully saturated rings. The quantitative estimate of drug-likeness (QED) is 0.768. The number of pyridine rings is 1. The smallest absolute Gasteiger partial charge is 0.0717 e. The lowest BCUT2D eigenvalue weighted by molar-refractivity contribution is 0.114. The van der Waals surface area contributed by atoms with E-state index in [4.69, 9.17) is 4.74 Å². The zero-order chi connectivity index (χ0) is 11.8. The van der Waals surface area contributed by atoms with Crippen LogP contribution in [-0.4, -0.2) is 24.2 Å². The van der Waals surface area contributed by atoms with Gasteiger partial charge in [-0.2, -0.15) is 0 Å². The molecule has 2 rings (SSSR count). The number of aromatic nitrogens is 1. The van der Waals surface area contributed by atoms with Crippen LogP contribution in [0.25, 0.3) is 0 Å². The molecular formula is C14H22N2O. The first kappa shape index (κ1) is 12.5. The molecule has 0 spiro atoms. The number of nitrogens with one attached hydrogen (secondary N) is 1. The second-order valence-electron chi connectivity index (χ2n) is 4.70. The molecule has 1 aliphatic heterocycles. The molecule has 0 aromatic carbocycles. The van der Waals surface area contributed by atoms with Gasteiger partial charge in [-0.3, -0.25) is 4.98 Å². The minimum atomic E-state index is 0.709. The maximum absolute atomic E-state index is 5.66. The Labute approximate surface area is 104 Å². The molecule has 0 radical (unpaired) electrons. The van der Waals surface area contributed by atoms with Crippen molar-refractivity contribution in [1.82, 2.24) is 10.3 Å². The number of ether oxygens (including phenoxy) is 1. The van der Waals surface area contributed by atoms with Crippen molar-refractivity contribution in [1.29, 1.82) is 0 Å². The van der Waals surface area contributed by atoms with Gasteiger partial charge < -0.3 is 10.1 Å². The van der Waals surface area contributed by atoms with Crippen LogP contribution in [0.4, 0.5) is 0 Å². The van der Waals surface area contributed by atoms with Gasteiger partial charge in [-0.1, -0.05) is 6.42 Å². The Morgan fingerprint density at radius 1 is 1.29 bits per heavy atom. The maximum Gasteiger partial charge on any atom is 0.0717 e. The summed E-state index contributed by atoms with van der Waals surface area (Å²) in [5.41, 5.74) is 1.20. The molecule has 0 saturated carbocycles.